The molecule has 4 nitrogen and oxygen atoms in total. The van der Waals surface area contributed by atoms with Crippen LogP contribution in [0, 0.1) is 5.92 Å². The molecule has 2 heterocycles. The Labute approximate surface area is 83.5 Å². The van der Waals surface area contributed by atoms with Crippen LogP contribution in [0.1, 0.15) is 24.0 Å². The number of aromatic nitrogens is 2. The molecular weight excluding hydrogens is 178 g/mol. The maximum absolute atomic E-state index is 11.9. The molecule has 1 aromatic rings. The second-order valence-corrected chi connectivity index (χ2v) is 4.01. The van der Waals surface area contributed by atoms with Gasteiger partial charge in [0, 0.05) is 32.5 Å². The van der Waals surface area contributed by atoms with Crippen LogP contribution in [0.15, 0.2) is 12.4 Å². The highest BCUT2D eigenvalue weighted by molar-refractivity contribution is 5.91. The van der Waals surface area contributed by atoms with Crippen molar-refractivity contribution in [1.29, 1.82) is 0 Å². The predicted molar refractivity (Wildman–Crippen MR) is 52.9 cm³/mol. The number of carbonyl (C=O) groups is 1. The van der Waals surface area contributed by atoms with E-state index in [0.29, 0.717) is 11.7 Å². The first kappa shape index (κ1) is 9.24. The Bertz CT molecular complexity index is 345. The van der Waals surface area contributed by atoms with E-state index in [-0.39, 0.29) is 5.91 Å². The van der Waals surface area contributed by atoms with Crippen molar-refractivity contribution >= 4 is 5.91 Å². The van der Waals surface area contributed by atoms with Gasteiger partial charge in [-0.1, -0.05) is 6.92 Å². The number of aryl methyl sites for hydroxylation is 1. The molecule has 1 atom stereocenters. The van der Waals surface area contributed by atoms with Gasteiger partial charge >= 0.3 is 0 Å². The molecule has 1 saturated heterocycles. The summed E-state index contributed by atoms with van der Waals surface area (Å²) in [6.45, 7) is 3.91. The van der Waals surface area contributed by atoms with E-state index in [9.17, 15) is 4.79 Å². The summed E-state index contributed by atoms with van der Waals surface area (Å²) in [5.41, 5.74) is 0. The van der Waals surface area contributed by atoms with Gasteiger partial charge in [-0.25, -0.2) is 4.98 Å². The van der Waals surface area contributed by atoms with E-state index in [1.807, 2.05) is 11.9 Å². The van der Waals surface area contributed by atoms with Crippen LogP contribution < -0.4 is 0 Å². The third kappa shape index (κ3) is 1.52. The summed E-state index contributed by atoms with van der Waals surface area (Å²) in [7, 11) is 1.85. The highest BCUT2D eigenvalue weighted by Gasteiger charge is 2.26. The molecule has 0 spiro atoms. The van der Waals surface area contributed by atoms with Crippen molar-refractivity contribution in [1.82, 2.24) is 14.5 Å². The summed E-state index contributed by atoms with van der Waals surface area (Å²) in [5.74, 6) is 1.22. The lowest BCUT2D eigenvalue weighted by Gasteiger charge is -2.14. The Morgan fingerprint density at radius 3 is 2.93 bits per heavy atom. The first-order valence-corrected chi connectivity index (χ1v) is 4.95. The Balaban J connectivity index is 2.13. The number of likely N-dealkylation sites (tertiary alicyclic amines) is 1. The fourth-order valence-electron chi connectivity index (χ4n) is 1.83. The zero-order valence-corrected chi connectivity index (χ0v) is 8.60. The van der Waals surface area contributed by atoms with Crippen LogP contribution in [0.2, 0.25) is 0 Å². The third-order valence-corrected chi connectivity index (χ3v) is 2.72. The summed E-state index contributed by atoms with van der Waals surface area (Å²) >= 11 is 0. The minimum Gasteiger partial charge on any atom is -0.336 e. The first-order valence-electron chi connectivity index (χ1n) is 4.95. The highest BCUT2D eigenvalue weighted by atomic mass is 16.2. The summed E-state index contributed by atoms with van der Waals surface area (Å²) in [6.07, 6.45) is 4.57. The normalized spacial score (nSPS) is 21.6. The average molecular weight is 193 g/mol. The minimum atomic E-state index is 0.0573. The van der Waals surface area contributed by atoms with Crippen LogP contribution in [0.25, 0.3) is 0 Å². The summed E-state index contributed by atoms with van der Waals surface area (Å²) in [5, 5.41) is 0. The first-order chi connectivity index (χ1) is 6.68. The molecule has 14 heavy (non-hydrogen) atoms. The molecule has 0 aliphatic carbocycles. The predicted octanol–water partition coefficient (Wildman–Crippen LogP) is 0.902. The average Bonchev–Trinajstić information content (AvgIpc) is 2.73. The standard InChI is InChI=1S/C10H15N3O/c1-8-3-5-13(7-8)10(14)9-11-4-6-12(9)2/h4,6,8H,3,5,7H2,1-2H3. The molecule has 1 aliphatic heterocycles. The lowest BCUT2D eigenvalue weighted by Crippen LogP contribution is -2.30. The van der Waals surface area contributed by atoms with Crippen molar-refractivity contribution in [3.8, 4) is 0 Å². The molecule has 1 unspecified atom stereocenters. The van der Waals surface area contributed by atoms with Crippen molar-refractivity contribution in [3.05, 3.63) is 18.2 Å². The topological polar surface area (TPSA) is 38.1 Å². The van der Waals surface area contributed by atoms with Crippen LogP contribution in [0.4, 0.5) is 0 Å². The van der Waals surface area contributed by atoms with E-state index in [0.717, 1.165) is 19.5 Å². The number of rotatable bonds is 1. The fourth-order valence-corrected chi connectivity index (χ4v) is 1.83. The Morgan fingerprint density at radius 2 is 2.43 bits per heavy atom. The van der Waals surface area contributed by atoms with Crippen molar-refractivity contribution in [2.24, 2.45) is 13.0 Å². The Morgan fingerprint density at radius 1 is 1.64 bits per heavy atom. The highest BCUT2D eigenvalue weighted by Crippen LogP contribution is 2.16. The molecule has 2 rings (SSSR count). The number of nitrogens with zero attached hydrogens (tertiary/aromatic N) is 3. The van der Waals surface area contributed by atoms with Gasteiger partial charge in [-0.3, -0.25) is 4.79 Å². The van der Waals surface area contributed by atoms with Gasteiger partial charge < -0.3 is 9.47 Å². The molecule has 0 saturated carbocycles. The van der Waals surface area contributed by atoms with Crippen molar-refractivity contribution in [3.63, 3.8) is 0 Å². The van der Waals surface area contributed by atoms with Crippen LogP contribution in [-0.4, -0.2) is 33.4 Å². The van der Waals surface area contributed by atoms with Gasteiger partial charge in [0.15, 0.2) is 5.82 Å². The molecule has 0 bridgehead atoms. The van der Waals surface area contributed by atoms with Gasteiger partial charge in [0.1, 0.15) is 0 Å². The SMILES string of the molecule is CC1CCN(C(=O)c2nccn2C)C1. The molecule has 1 aromatic heterocycles. The van der Waals surface area contributed by atoms with Crippen LogP contribution in [-0.2, 0) is 7.05 Å². The fraction of sp³-hybridized carbons (Fsp3) is 0.600. The quantitative estimate of drug-likeness (QED) is 0.664. The number of hydrogen-bond acceptors (Lipinski definition) is 2. The van der Waals surface area contributed by atoms with E-state index in [1.54, 1.807) is 17.0 Å². The summed E-state index contributed by atoms with van der Waals surface area (Å²) in [4.78, 5) is 17.9. The summed E-state index contributed by atoms with van der Waals surface area (Å²) in [6, 6.07) is 0. The molecule has 1 amide bonds. The third-order valence-electron chi connectivity index (χ3n) is 2.72. The molecular formula is C10H15N3O. The molecule has 1 aliphatic rings. The zero-order valence-electron chi connectivity index (χ0n) is 8.60. The Hall–Kier alpha value is -1.32. The van der Waals surface area contributed by atoms with Crippen LogP contribution in [0.3, 0.4) is 0 Å². The van der Waals surface area contributed by atoms with Gasteiger partial charge in [0.25, 0.3) is 5.91 Å². The molecule has 0 radical (unpaired) electrons. The smallest absolute Gasteiger partial charge is 0.289 e. The van der Waals surface area contributed by atoms with E-state index < -0.39 is 0 Å². The largest absolute Gasteiger partial charge is 0.336 e. The Kier molecular flexibility index (Phi) is 2.27. The number of hydrogen-bond donors (Lipinski definition) is 0. The summed E-state index contributed by atoms with van der Waals surface area (Å²) < 4.78 is 1.77. The molecule has 4 heteroatoms. The maximum atomic E-state index is 11.9. The lowest BCUT2D eigenvalue weighted by molar-refractivity contribution is 0.0772. The van der Waals surface area contributed by atoms with E-state index in [2.05, 4.69) is 11.9 Å². The van der Waals surface area contributed by atoms with E-state index >= 15 is 0 Å². The minimum absolute atomic E-state index is 0.0573. The van der Waals surface area contributed by atoms with Gasteiger partial charge in [-0.2, -0.15) is 0 Å². The van der Waals surface area contributed by atoms with Crippen molar-refractivity contribution in [2.75, 3.05) is 13.1 Å². The zero-order chi connectivity index (χ0) is 10.1. The van der Waals surface area contributed by atoms with E-state index in [4.69, 9.17) is 0 Å². The number of carbonyl (C=O) groups excluding carboxylic acids is 1. The number of amides is 1. The second kappa shape index (κ2) is 3.44. The molecule has 0 N–H and O–H groups in total. The van der Waals surface area contributed by atoms with Crippen LogP contribution >= 0.6 is 0 Å². The van der Waals surface area contributed by atoms with Crippen molar-refractivity contribution < 1.29 is 4.79 Å². The second-order valence-electron chi connectivity index (χ2n) is 4.01. The maximum Gasteiger partial charge on any atom is 0.289 e. The van der Waals surface area contributed by atoms with Crippen LogP contribution in [0.5, 0.6) is 0 Å². The molecule has 0 aromatic carbocycles. The van der Waals surface area contributed by atoms with Gasteiger partial charge in [-0.15, -0.1) is 0 Å². The van der Waals surface area contributed by atoms with Gasteiger partial charge in [0.05, 0.1) is 0 Å². The van der Waals surface area contributed by atoms with E-state index in [1.165, 1.54) is 0 Å². The number of imidazole rings is 1. The molecule has 1 fully saturated rings. The van der Waals surface area contributed by atoms with Gasteiger partial charge in [0.2, 0.25) is 0 Å². The lowest BCUT2D eigenvalue weighted by atomic mass is 10.2. The monoisotopic (exact) mass is 193 g/mol. The molecule has 76 valence electrons. The van der Waals surface area contributed by atoms with Crippen molar-refractivity contribution in [2.45, 2.75) is 13.3 Å². The van der Waals surface area contributed by atoms with Gasteiger partial charge in [-0.05, 0) is 12.3 Å².